The Morgan fingerprint density at radius 2 is 2.00 bits per heavy atom. The Kier molecular flexibility index (Phi) is 3.39. The predicted octanol–water partition coefficient (Wildman–Crippen LogP) is 3.83. The Hall–Kier alpha value is -1.98. The third-order valence-corrected chi connectivity index (χ3v) is 3.47. The van der Waals surface area contributed by atoms with E-state index in [-0.39, 0.29) is 12.1 Å². The van der Waals surface area contributed by atoms with Crippen LogP contribution in [0, 0.1) is 6.92 Å². The van der Waals surface area contributed by atoms with Crippen molar-refractivity contribution in [3.63, 3.8) is 0 Å². The summed E-state index contributed by atoms with van der Waals surface area (Å²) >= 11 is 0. The Morgan fingerprint density at radius 3 is 2.67 bits per heavy atom. The summed E-state index contributed by atoms with van der Waals surface area (Å²) in [4.78, 5) is 4.35. The molecule has 21 heavy (non-hydrogen) atoms. The lowest BCUT2D eigenvalue weighted by molar-refractivity contribution is -0.138. The average Bonchev–Trinajstić information content (AvgIpc) is 3.14. The second-order valence-electron chi connectivity index (χ2n) is 5.41. The number of aromatic nitrogens is 2. The molecule has 2 aromatic rings. The van der Waals surface area contributed by atoms with Crippen LogP contribution in [0.4, 0.5) is 19.1 Å². The highest BCUT2D eigenvalue weighted by atomic mass is 19.4. The molecule has 6 heteroatoms. The summed E-state index contributed by atoms with van der Waals surface area (Å²) in [6.07, 6.45) is -0.385. The number of alkyl halides is 3. The van der Waals surface area contributed by atoms with Crippen molar-refractivity contribution < 1.29 is 13.2 Å². The smallest absolute Gasteiger partial charge is 0.353 e. The minimum atomic E-state index is -4.34. The molecule has 1 heterocycles. The molecule has 1 aliphatic rings. The average molecular weight is 295 g/mol. The maximum absolute atomic E-state index is 13.0. The van der Waals surface area contributed by atoms with Crippen LogP contribution in [0.3, 0.4) is 0 Å². The molecular formula is C15H16F3N3. The molecule has 0 saturated heterocycles. The zero-order chi connectivity index (χ0) is 15.0. The van der Waals surface area contributed by atoms with Crippen LogP contribution < -0.4 is 5.32 Å². The van der Waals surface area contributed by atoms with Crippen molar-refractivity contribution in [1.29, 1.82) is 0 Å². The number of nitrogens with zero attached hydrogens (tertiary/aromatic N) is 2. The quantitative estimate of drug-likeness (QED) is 0.929. The fraction of sp³-hybridized carbons (Fsp3) is 0.400. The van der Waals surface area contributed by atoms with Crippen molar-refractivity contribution in [3.8, 4) is 0 Å². The number of anilines is 1. The van der Waals surface area contributed by atoms with Crippen LogP contribution in [-0.2, 0) is 12.7 Å². The molecule has 1 saturated carbocycles. The monoisotopic (exact) mass is 295 g/mol. The van der Waals surface area contributed by atoms with E-state index >= 15 is 0 Å². The van der Waals surface area contributed by atoms with Gasteiger partial charge in [0.05, 0.1) is 17.8 Å². The first-order valence-corrected chi connectivity index (χ1v) is 6.89. The lowest BCUT2D eigenvalue weighted by Gasteiger charge is -2.14. The van der Waals surface area contributed by atoms with Gasteiger partial charge in [0, 0.05) is 12.2 Å². The molecule has 1 aromatic carbocycles. The van der Waals surface area contributed by atoms with Gasteiger partial charge in [0.2, 0.25) is 5.95 Å². The first-order valence-electron chi connectivity index (χ1n) is 6.89. The van der Waals surface area contributed by atoms with E-state index < -0.39 is 11.7 Å². The SMILES string of the molecule is Cc1cn(Cc2ccccc2C(F)(F)F)c(NC2CC2)n1. The van der Waals surface area contributed by atoms with E-state index in [1.165, 1.54) is 12.1 Å². The van der Waals surface area contributed by atoms with Crippen molar-refractivity contribution in [2.24, 2.45) is 0 Å². The Morgan fingerprint density at radius 1 is 1.29 bits per heavy atom. The van der Waals surface area contributed by atoms with Gasteiger partial charge in [0.15, 0.2) is 0 Å². The van der Waals surface area contributed by atoms with Gasteiger partial charge in [0.1, 0.15) is 0 Å². The number of rotatable bonds is 4. The van der Waals surface area contributed by atoms with Crippen LogP contribution in [0.1, 0.15) is 29.7 Å². The van der Waals surface area contributed by atoms with Crippen molar-refractivity contribution in [1.82, 2.24) is 9.55 Å². The van der Waals surface area contributed by atoms with E-state index in [1.54, 1.807) is 16.8 Å². The maximum atomic E-state index is 13.0. The highest BCUT2D eigenvalue weighted by molar-refractivity contribution is 5.36. The van der Waals surface area contributed by atoms with Gasteiger partial charge in [-0.1, -0.05) is 18.2 Å². The molecule has 0 bridgehead atoms. The number of aryl methyl sites for hydroxylation is 1. The van der Waals surface area contributed by atoms with Crippen LogP contribution in [0.25, 0.3) is 0 Å². The van der Waals surface area contributed by atoms with Gasteiger partial charge in [-0.3, -0.25) is 0 Å². The molecule has 0 spiro atoms. The molecule has 1 fully saturated rings. The van der Waals surface area contributed by atoms with Crippen molar-refractivity contribution in [2.45, 2.75) is 38.5 Å². The molecule has 0 atom stereocenters. The summed E-state index contributed by atoms with van der Waals surface area (Å²) < 4.78 is 40.9. The summed E-state index contributed by atoms with van der Waals surface area (Å²) in [6, 6.07) is 6.08. The van der Waals surface area contributed by atoms with Gasteiger partial charge in [0.25, 0.3) is 0 Å². The van der Waals surface area contributed by atoms with E-state index in [0.717, 1.165) is 24.6 Å². The van der Waals surface area contributed by atoms with Crippen molar-refractivity contribution in [2.75, 3.05) is 5.32 Å². The molecule has 0 amide bonds. The third kappa shape index (κ3) is 3.20. The van der Waals surface area contributed by atoms with Crippen molar-refractivity contribution >= 4 is 5.95 Å². The zero-order valence-corrected chi connectivity index (χ0v) is 11.6. The van der Waals surface area contributed by atoms with Gasteiger partial charge in [-0.2, -0.15) is 13.2 Å². The molecule has 1 N–H and O–H groups in total. The second-order valence-corrected chi connectivity index (χ2v) is 5.41. The number of nitrogens with one attached hydrogen (secondary N) is 1. The van der Waals surface area contributed by atoms with Gasteiger partial charge >= 0.3 is 6.18 Å². The Bertz CT molecular complexity index is 642. The lowest BCUT2D eigenvalue weighted by atomic mass is 10.1. The van der Waals surface area contributed by atoms with Gasteiger partial charge in [-0.05, 0) is 31.4 Å². The third-order valence-electron chi connectivity index (χ3n) is 3.47. The van der Waals surface area contributed by atoms with Crippen LogP contribution in [-0.4, -0.2) is 15.6 Å². The molecule has 3 rings (SSSR count). The summed E-state index contributed by atoms with van der Waals surface area (Å²) in [5.74, 6) is 0.645. The summed E-state index contributed by atoms with van der Waals surface area (Å²) in [7, 11) is 0. The molecule has 0 unspecified atom stereocenters. The number of hydrogen-bond donors (Lipinski definition) is 1. The summed E-state index contributed by atoms with van der Waals surface area (Å²) in [5.41, 5.74) is 0.456. The summed E-state index contributed by atoms with van der Waals surface area (Å²) in [6.45, 7) is 2.00. The normalized spacial score (nSPS) is 15.2. The fourth-order valence-electron chi connectivity index (χ4n) is 2.31. The van der Waals surface area contributed by atoms with E-state index in [1.807, 2.05) is 6.92 Å². The van der Waals surface area contributed by atoms with Crippen LogP contribution in [0.15, 0.2) is 30.5 Å². The second kappa shape index (κ2) is 5.09. The number of benzene rings is 1. The molecule has 1 aliphatic carbocycles. The predicted molar refractivity (Wildman–Crippen MR) is 74.2 cm³/mol. The highest BCUT2D eigenvalue weighted by Crippen LogP contribution is 2.33. The first-order chi connectivity index (χ1) is 9.93. The van der Waals surface area contributed by atoms with Gasteiger partial charge in [-0.15, -0.1) is 0 Å². The Balaban J connectivity index is 1.90. The maximum Gasteiger partial charge on any atom is 0.416 e. The molecule has 112 valence electrons. The Labute approximate surface area is 120 Å². The van der Waals surface area contributed by atoms with E-state index in [4.69, 9.17) is 0 Å². The molecular weight excluding hydrogens is 279 g/mol. The largest absolute Gasteiger partial charge is 0.416 e. The van der Waals surface area contributed by atoms with E-state index in [0.29, 0.717) is 12.0 Å². The van der Waals surface area contributed by atoms with Gasteiger partial charge in [-0.25, -0.2) is 4.98 Å². The molecule has 0 aliphatic heterocycles. The van der Waals surface area contributed by atoms with E-state index in [2.05, 4.69) is 10.3 Å². The van der Waals surface area contributed by atoms with Crippen molar-refractivity contribution in [3.05, 3.63) is 47.3 Å². The summed E-state index contributed by atoms with van der Waals surface area (Å²) in [5, 5.41) is 3.25. The number of halogens is 3. The minimum absolute atomic E-state index is 0.158. The number of imidazole rings is 1. The lowest BCUT2D eigenvalue weighted by Crippen LogP contribution is -2.14. The van der Waals surface area contributed by atoms with Gasteiger partial charge < -0.3 is 9.88 Å². The first kappa shape index (κ1) is 14.0. The van der Waals surface area contributed by atoms with Crippen LogP contribution in [0.5, 0.6) is 0 Å². The van der Waals surface area contributed by atoms with E-state index in [9.17, 15) is 13.2 Å². The topological polar surface area (TPSA) is 29.9 Å². The zero-order valence-electron chi connectivity index (χ0n) is 11.6. The standard InChI is InChI=1S/C15H16F3N3/c1-10-8-21(14(19-10)20-12-6-7-12)9-11-4-2-3-5-13(11)15(16,17)18/h2-5,8,12H,6-7,9H2,1H3,(H,19,20). The number of hydrogen-bond acceptors (Lipinski definition) is 2. The molecule has 0 radical (unpaired) electrons. The highest BCUT2D eigenvalue weighted by Gasteiger charge is 2.33. The van der Waals surface area contributed by atoms with Crippen LogP contribution >= 0.6 is 0 Å². The minimum Gasteiger partial charge on any atom is -0.353 e. The van der Waals surface area contributed by atoms with Crippen LogP contribution in [0.2, 0.25) is 0 Å². The molecule has 3 nitrogen and oxygen atoms in total. The molecule has 1 aromatic heterocycles. The fourth-order valence-corrected chi connectivity index (χ4v) is 2.31.